The summed E-state index contributed by atoms with van der Waals surface area (Å²) in [6.07, 6.45) is 3.58. The molecule has 0 aliphatic rings. The first-order valence-corrected chi connectivity index (χ1v) is 12.2. The predicted molar refractivity (Wildman–Crippen MR) is 114 cm³/mol. The van der Waals surface area contributed by atoms with Gasteiger partial charge in [-0.25, -0.2) is 16.8 Å². The summed E-state index contributed by atoms with van der Waals surface area (Å²) in [6, 6.07) is 16.6. The van der Waals surface area contributed by atoms with Crippen LogP contribution in [-0.4, -0.2) is 27.8 Å². The van der Waals surface area contributed by atoms with Crippen molar-refractivity contribution in [3.63, 3.8) is 0 Å². The summed E-state index contributed by atoms with van der Waals surface area (Å²) in [5.74, 6) is -0.157. The summed E-state index contributed by atoms with van der Waals surface area (Å²) in [5.41, 5.74) is 1.62. The Morgan fingerprint density at radius 1 is 0.821 bits per heavy atom. The molecule has 2 aromatic rings. The number of allylic oxidation sites excluding steroid dienone is 2. The van der Waals surface area contributed by atoms with Crippen LogP contribution in [0, 0.1) is 0 Å². The van der Waals surface area contributed by atoms with Gasteiger partial charge in [-0.2, -0.15) is 0 Å². The molecule has 0 N–H and O–H groups in total. The Hall–Kier alpha value is -2.18. The number of hydrogen-bond donors (Lipinski definition) is 0. The summed E-state index contributed by atoms with van der Waals surface area (Å²) in [4.78, 5) is 0.527. The fourth-order valence-corrected chi connectivity index (χ4v) is 5.88. The van der Waals surface area contributed by atoms with Gasteiger partial charge < -0.3 is 0 Å². The third kappa shape index (κ3) is 5.91. The topological polar surface area (TPSA) is 68.3 Å². The van der Waals surface area contributed by atoms with Gasteiger partial charge in [0.2, 0.25) is 0 Å². The fraction of sp³-hybridized carbons (Fsp3) is 0.273. The molecule has 0 saturated heterocycles. The lowest BCUT2D eigenvalue weighted by Gasteiger charge is -2.16. The van der Waals surface area contributed by atoms with Crippen LogP contribution in [0.4, 0.5) is 0 Å². The minimum Gasteiger partial charge on any atom is -0.223 e. The molecule has 2 aromatic carbocycles. The minimum absolute atomic E-state index is 0.157. The molecule has 0 bridgehead atoms. The van der Waals surface area contributed by atoms with Gasteiger partial charge in [0.25, 0.3) is 0 Å². The monoisotopic (exact) mass is 418 g/mol. The van der Waals surface area contributed by atoms with Crippen LogP contribution < -0.4 is 0 Å². The van der Waals surface area contributed by atoms with Gasteiger partial charge in [0.05, 0.1) is 20.8 Å². The number of benzene rings is 2. The maximum Gasteiger partial charge on any atom is 0.185 e. The van der Waals surface area contributed by atoms with Crippen molar-refractivity contribution < 1.29 is 16.8 Å². The van der Waals surface area contributed by atoms with Crippen LogP contribution in [-0.2, 0) is 19.7 Å². The van der Waals surface area contributed by atoms with Gasteiger partial charge >= 0.3 is 0 Å². The highest BCUT2D eigenvalue weighted by molar-refractivity contribution is 7.92. The van der Waals surface area contributed by atoms with Crippen molar-refractivity contribution in [1.29, 1.82) is 0 Å². The van der Waals surface area contributed by atoms with Gasteiger partial charge in [-0.15, -0.1) is 0 Å². The van der Waals surface area contributed by atoms with Gasteiger partial charge in [0, 0.05) is 0 Å². The van der Waals surface area contributed by atoms with E-state index in [-0.39, 0.29) is 22.0 Å². The average Bonchev–Trinajstić information content (AvgIpc) is 2.67. The van der Waals surface area contributed by atoms with Crippen molar-refractivity contribution >= 4 is 19.7 Å². The Bertz CT molecular complexity index is 1050. The number of rotatable bonds is 8. The van der Waals surface area contributed by atoms with Crippen LogP contribution in [0.3, 0.4) is 0 Å². The van der Waals surface area contributed by atoms with Crippen molar-refractivity contribution in [2.45, 2.75) is 42.2 Å². The molecule has 0 aliphatic carbocycles. The normalized spacial score (nSPS) is 13.8. The average molecular weight is 419 g/mol. The second-order valence-electron chi connectivity index (χ2n) is 6.99. The quantitative estimate of drug-likeness (QED) is 0.587. The van der Waals surface area contributed by atoms with Gasteiger partial charge in [0.15, 0.2) is 19.7 Å². The highest BCUT2D eigenvalue weighted by Crippen LogP contribution is 2.23. The molecule has 0 radical (unpaired) electrons. The van der Waals surface area contributed by atoms with Crippen molar-refractivity contribution in [2.24, 2.45) is 0 Å². The Kier molecular flexibility index (Phi) is 7.38. The van der Waals surface area contributed by atoms with E-state index in [9.17, 15) is 16.8 Å². The predicted octanol–water partition coefficient (Wildman–Crippen LogP) is 4.61. The summed E-state index contributed by atoms with van der Waals surface area (Å²) in [6.45, 7) is 5.48. The number of hydrogen-bond acceptors (Lipinski definition) is 4. The van der Waals surface area contributed by atoms with E-state index < -0.39 is 24.9 Å². The minimum atomic E-state index is -3.56. The molecular formula is C22H26O4S2. The standard InChI is InChI=1S/C22H26O4S2/c1-18(2)16-22(28(25,26)21-12-8-5-9-13-21)17-19(3)14-15-27(23,24)20-10-6-4-7-11-20/h4-14,16,22H,15,17H2,1-3H3/b19-14+. The van der Waals surface area contributed by atoms with Crippen LogP contribution in [0.1, 0.15) is 27.2 Å². The molecule has 0 amide bonds. The molecule has 0 aromatic heterocycles. The fourth-order valence-electron chi connectivity index (χ4n) is 2.79. The van der Waals surface area contributed by atoms with Crippen molar-refractivity contribution in [3.8, 4) is 0 Å². The van der Waals surface area contributed by atoms with E-state index in [1.165, 1.54) is 0 Å². The van der Waals surface area contributed by atoms with E-state index in [2.05, 4.69) is 0 Å². The van der Waals surface area contributed by atoms with Crippen molar-refractivity contribution in [1.82, 2.24) is 0 Å². The zero-order valence-electron chi connectivity index (χ0n) is 16.4. The highest BCUT2D eigenvalue weighted by Gasteiger charge is 2.25. The van der Waals surface area contributed by atoms with E-state index in [0.717, 1.165) is 11.1 Å². The molecule has 0 saturated carbocycles. The second kappa shape index (κ2) is 9.34. The maximum absolute atomic E-state index is 13.0. The molecule has 1 unspecified atom stereocenters. The molecular weight excluding hydrogens is 392 g/mol. The van der Waals surface area contributed by atoms with Gasteiger partial charge in [-0.05, 0) is 51.5 Å². The maximum atomic E-state index is 13.0. The molecule has 0 fully saturated rings. The lowest BCUT2D eigenvalue weighted by atomic mass is 10.1. The van der Waals surface area contributed by atoms with Gasteiger partial charge in [-0.3, -0.25) is 0 Å². The van der Waals surface area contributed by atoms with Crippen LogP contribution in [0.15, 0.2) is 93.8 Å². The first kappa shape index (κ1) is 22.1. The lowest BCUT2D eigenvalue weighted by Crippen LogP contribution is -2.20. The second-order valence-corrected chi connectivity index (χ2v) is 11.2. The van der Waals surface area contributed by atoms with Crippen LogP contribution in [0.5, 0.6) is 0 Å². The molecule has 2 rings (SSSR count). The molecule has 0 spiro atoms. The van der Waals surface area contributed by atoms with E-state index in [1.54, 1.807) is 79.7 Å². The molecule has 4 nitrogen and oxygen atoms in total. The summed E-state index contributed by atoms with van der Waals surface area (Å²) < 4.78 is 51.0. The first-order chi connectivity index (χ1) is 13.1. The van der Waals surface area contributed by atoms with Crippen molar-refractivity contribution in [3.05, 3.63) is 84.0 Å². The zero-order chi connectivity index (χ0) is 20.8. The largest absolute Gasteiger partial charge is 0.223 e. The lowest BCUT2D eigenvalue weighted by molar-refractivity contribution is 0.587. The molecule has 1 atom stereocenters. The van der Waals surface area contributed by atoms with E-state index in [1.807, 2.05) is 13.8 Å². The number of sulfone groups is 2. The third-order valence-corrected chi connectivity index (χ3v) is 7.89. The Balaban J connectivity index is 2.25. The van der Waals surface area contributed by atoms with Crippen LogP contribution >= 0.6 is 0 Å². The first-order valence-electron chi connectivity index (χ1n) is 9.00. The molecule has 0 aliphatic heterocycles. The summed E-state index contributed by atoms with van der Waals surface area (Å²) in [7, 11) is -7.01. The molecule has 28 heavy (non-hydrogen) atoms. The summed E-state index contributed by atoms with van der Waals surface area (Å²) in [5, 5.41) is -0.740. The van der Waals surface area contributed by atoms with Crippen molar-refractivity contribution in [2.75, 3.05) is 5.75 Å². The van der Waals surface area contributed by atoms with E-state index in [4.69, 9.17) is 0 Å². The molecule has 6 heteroatoms. The summed E-state index contributed by atoms with van der Waals surface area (Å²) >= 11 is 0. The van der Waals surface area contributed by atoms with Crippen LogP contribution in [0.2, 0.25) is 0 Å². The SMILES string of the molecule is CC(C)=CC(C/C(C)=C/CS(=O)(=O)c1ccccc1)S(=O)(=O)c1ccccc1. The Morgan fingerprint density at radius 2 is 1.32 bits per heavy atom. The van der Waals surface area contributed by atoms with Gasteiger partial charge in [0.1, 0.15) is 0 Å². The molecule has 0 heterocycles. The smallest absolute Gasteiger partial charge is 0.185 e. The van der Waals surface area contributed by atoms with E-state index >= 15 is 0 Å². The highest BCUT2D eigenvalue weighted by atomic mass is 32.2. The zero-order valence-corrected chi connectivity index (χ0v) is 18.0. The third-order valence-electron chi connectivity index (χ3n) is 4.27. The van der Waals surface area contributed by atoms with Crippen LogP contribution in [0.25, 0.3) is 0 Å². The van der Waals surface area contributed by atoms with Gasteiger partial charge in [-0.1, -0.05) is 59.7 Å². The van der Waals surface area contributed by atoms with E-state index in [0.29, 0.717) is 0 Å². The molecule has 150 valence electrons. The Labute approximate surface area is 168 Å². The Morgan fingerprint density at radius 3 is 1.82 bits per heavy atom.